The van der Waals surface area contributed by atoms with Crippen LogP contribution >= 0.6 is 0 Å². The summed E-state index contributed by atoms with van der Waals surface area (Å²) in [7, 11) is 1.47. The minimum Gasteiger partial charge on any atom is -0.480 e. The van der Waals surface area contributed by atoms with E-state index < -0.39 is 24.1 Å². The summed E-state index contributed by atoms with van der Waals surface area (Å²) in [4.78, 5) is 35.1. The Bertz CT molecular complexity index is 332. The van der Waals surface area contributed by atoms with E-state index in [1.54, 1.807) is 6.92 Å². The number of likely N-dealkylation sites (tertiary alicyclic amines) is 1. The molecule has 17 heavy (non-hydrogen) atoms. The highest BCUT2D eigenvalue weighted by Crippen LogP contribution is 2.17. The predicted molar refractivity (Wildman–Crippen MR) is 59.4 cm³/mol. The van der Waals surface area contributed by atoms with Crippen molar-refractivity contribution < 1.29 is 19.5 Å². The van der Waals surface area contributed by atoms with Crippen molar-refractivity contribution in [1.29, 1.82) is 0 Å². The highest BCUT2D eigenvalue weighted by Gasteiger charge is 2.34. The van der Waals surface area contributed by atoms with Crippen molar-refractivity contribution in [1.82, 2.24) is 15.5 Å². The molecule has 1 saturated heterocycles. The summed E-state index contributed by atoms with van der Waals surface area (Å²) in [6, 6.07) is -1.97. The molecule has 0 aromatic heterocycles. The average molecular weight is 243 g/mol. The molecule has 2 unspecified atom stereocenters. The Morgan fingerprint density at radius 3 is 2.59 bits per heavy atom. The van der Waals surface area contributed by atoms with Gasteiger partial charge in [-0.15, -0.1) is 0 Å². The molecule has 3 N–H and O–H groups in total. The number of amides is 3. The van der Waals surface area contributed by atoms with Crippen molar-refractivity contribution in [3.8, 4) is 0 Å². The summed E-state index contributed by atoms with van der Waals surface area (Å²) in [6.07, 6.45) is 1.12. The van der Waals surface area contributed by atoms with Crippen molar-refractivity contribution in [2.75, 3.05) is 13.6 Å². The quantitative estimate of drug-likeness (QED) is 0.615. The third-order valence-electron chi connectivity index (χ3n) is 2.78. The standard InChI is InChI=1S/C10H17N3O4/c1-6(8(14)11-2)12-10(17)13-5-3-4-7(13)9(15)16/h6-7H,3-5H2,1-2H3,(H,11,14)(H,12,17)(H,15,16). The summed E-state index contributed by atoms with van der Waals surface area (Å²) in [5.74, 6) is -1.32. The van der Waals surface area contributed by atoms with E-state index in [2.05, 4.69) is 10.6 Å². The van der Waals surface area contributed by atoms with Crippen LogP contribution in [0.3, 0.4) is 0 Å². The van der Waals surface area contributed by atoms with E-state index in [0.29, 0.717) is 19.4 Å². The first-order chi connectivity index (χ1) is 7.97. The monoisotopic (exact) mass is 243 g/mol. The Morgan fingerprint density at radius 2 is 2.06 bits per heavy atom. The van der Waals surface area contributed by atoms with Gasteiger partial charge in [0.05, 0.1) is 0 Å². The summed E-state index contributed by atoms with van der Waals surface area (Å²) in [5, 5.41) is 13.8. The van der Waals surface area contributed by atoms with E-state index in [-0.39, 0.29) is 5.91 Å². The Morgan fingerprint density at radius 1 is 1.41 bits per heavy atom. The first-order valence-corrected chi connectivity index (χ1v) is 5.49. The minimum atomic E-state index is -1.01. The molecule has 1 aliphatic heterocycles. The maximum atomic E-state index is 11.8. The fraction of sp³-hybridized carbons (Fsp3) is 0.700. The number of carboxylic acids is 1. The normalized spacial score (nSPS) is 20.8. The number of urea groups is 1. The molecule has 1 aliphatic rings. The molecule has 96 valence electrons. The Balaban J connectivity index is 2.58. The summed E-state index contributed by atoms with van der Waals surface area (Å²) < 4.78 is 0. The third-order valence-corrected chi connectivity index (χ3v) is 2.78. The van der Waals surface area contributed by atoms with Crippen LogP contribution in [0.2, 0.25) is 0 Å². The van der Waals surface area contributed by atoms with E-state index in [4.69, 9.17) is 5.11 Å². The lowest BCUT2D eigenvalue weighted by atomic mass is 10.2. The second-order valence-corrected chi connectivity index (χ2v) is 3.98. The summed E-state index contributed by atoms with van der Waals surface area (Å²) >= 11 is 0. The third kappa shape index (κ3) is 3.08. The van der Waals surface area contributed by atoms with E-state index in [1.807, 2.05) is 0 Å². The first kappa shape index (κ1) is 13.3. The number of likely N-dealkylation sites (N-methyl/N-ethyl adjacent to an activating group) is 1. The van der Waals surface area contributed by atoms with Gasteiger partial charge in [-0.25, -0.2) is 9.59 Å². The number of carbonyl (C=O) groups is 3. The second kappa shape index (κ2) is 5.51. The van der Waals surface area contributed by atoms with Gasteiger partial charge in [0.25, 0.3) is 0 Å². The van der Waals surface area contributed by atoms with Crippen LogP contribution in [0.5, 0.6) is 0 Å². The lowest BCUT2D eigenvalue weighted by Crippen LogP contribution is -2.51. The zero-order valence-electron chi connectivity index (χ0n) is 9.90. The maximum absolute atomic E-state index is 11.8. The number of aliphatic carboxylic acids is 1. The van der Waals surface area contributed by atoms with Crippen molar-refractivity contribution in [3.05, 3.63) is 0 Å². The fourth-order valence-electron chi connectivity index (χ4n) is 1.82. The van der Waals surface area contributed by atoms with Gasteiger partial charge in [0.15, 0.2) is 0 Å². The molecule has 0 spiro atoms. The van der Waals surface area contributed by atoms with Gasteiger partial charge in [-0.2, -0.15) is 0 Å². The van der Waals surface area contributed by atoms with Crippen molar-refractivity contribution in [3.63, 3.8) is 0 Å². The number of carbonyl (C=O) groups excluding carboxylic acids is 2. The molecule has 1 rings (SSSR count). The molecular formula is C10H17N3O4. The van der Waals surface area contributed by atoms with E-state index in [9.17, 15) is 14.4 Å². The van der Waals surface area contributed by atoms with Gasteiger partial charge in [0, 0.05) is 13.6 Å². The van der Waals surface area contributed by atoms with E-state index in [0.717, 1.165) is 0 Å². The number of nitrogens with one attached hydrogen (secondary N) is 2. The zero-order valence-corrected chi connectivity index (χ0v) is 9.90. The van der Waals surface area contributed by atoms with Crippen LogP contribution < -0.4 is 10.6 Å². The molecule has 0 radical (unpaired) electrons. The number of hydrogen-bond donors (Lipinski definition) is 3. The molecule has 0 saturated carbocycles. The lowest BCUT2D eigenvalue weighted by molar-refractivity contribution is -0.141. The number of carboxylic acid groups (broad SMARTS) is 1. The van der Waals surface area contributed by atoms with Gasteiger partial charge >= 0.3 is 12.0 Å². The molecule has 1 heterocycles. The topological polar surface area (TPSA) is 98.7 Å². The summed E-state index contributed by atoms with van der Waals surface area (Å²) in [5.41, 5.74) is 0. The smallest absolute Gasteiger partial charge is 0.326 e. The Kier molecular flexibility index (Phi) is 4.30. The molecule has 0 bridgehead atoms. The average Bonchev–Trinajstić information content (AvgIpc) is 2.76. The number of rotatable bonds is 3. The second-order valence-electron chi connectivity index (χ2n) is 3.98. The highest BCUT2D eigenvalue weighted by molar-refractivity contribution is 5.88. The van der Waals surface area contributed by atoms with Crippen LogP contribution in [0.15, 0.2) is 0 Å². The SMILES string of the molecule is CNC(=O)C(C)NC(=O)N1CCCC1C(=O)O. The molecule has 2 atom stereocenters. The Hall–Kier alpha value is -1.79. The zero-order chi connectivity index (χ0) is 13.0. The van der Waals surface area contributed by atoms with Crippen LogP contribution in [-0.4, -0.2) is 53.6 Å². The molecule has 0 aromatic carbocycles. The van der Waals surface area contributed by atoms with Gasteiger partial charge in [0.2, 0.25) is 5.91 Å². The number of hydrogen-bond acceptors (Lipinski definition) is 3. The lowest BCUT2D eigenvalue weighted by Gasteiger charge is -2.23. The largest absolute Gasteiger partial charge is 0.480 e. The van der Waals surface area contributed by atoms with Gasteiger partial charge in [-0.05, 0) is 19.8 Å². The van der Waals surface area contributed by atoms with Crippen LogP contribution in [-0.2, 0) is 9.59 Å². The van der Waals surface area contributed by atoms with Crippen molar-refractivity contribution in [2.45, 2.75) is 31.8 Å². The first-order valence-electron chi connectivity index (χ1n) is 5.49. The molecule has 7 nitrogen and oxygen atoms in total. The summed E-state index contributed by atoms with van der Waals surface area (Å²) in [6.45, 7) is 1.95. The highest BCUT2D eigenvalue weighted by atomic mass is 16.4. The molecule has 0 aliphatic carbocycles. The molecule has 1 fully saturated rings. The number of nitrogens with zero attached hydrogens (tertiary/aromatic N) is 1. The molecule has 0 aromatic rings. The minimum absolute atomic E-state index is 0.315. The van der Waals surface area contributed by atoms with E-state index >= 15 is 0 Å². The van der Waals surface area contributed by atoms with Gasteiger partial charge in [-0.1, -0.05) is 0 Å². The van der Waals surface area contributed by atoms with Crippen LogP contribution in [0.4, 0.5) is 4.79 Å². The van der Waals surface area contributed by atoms with Gasteiger partial charge in [-0.3, -0.25) is 4.79 Å². The predicted octanol–water partition coefficient (Wildman–Crippen LogP) is -0.620. The van der Waals surface area contributed by atoms with Crippen molar-refractivity contribution in [2.24, 2.45) is 0 Å². The van der Waals surface area contributed by atoms with Crippen molar-refractivity contribution >= 4 is 17.9 Å². The van der Waals surface area contributed by atoms with Crippen LogP contribution in [0.1, 0.15) is 19.8 Å². The van der Waals surface area contributed by atoms with Gasteiger partial charge in [0.1, 0.15) is 12.1 Å². The van der Waals surface area contributed by atoms with Gasteiger partial charge < -0.3 is 20.6 Å². The Labute approximate surface area is 99.2 Å². The molecule has 3 amide bonds. The van der Waals surface area contributed by atoms with Crippen LogP contribution in [0, 0.1) is 0 Å². The molecule has 7 heteroatoms. The van der Waals surface area contributed by atoms with Crippen LogP contribution in [0.25, 0.3) is 0 Å². The van der Waals surface area contributed by atoms with E-state index in [1.165, 1.54) is 11.9 Å². The molecular weight excluding hydrogens is 226 g/mol. The maximum Gasteiger partial charge on any atom is 0.326 e. The fourth-order valence-corrected chi connectivity index (χ4v) is 1.82.